The molecule has 2 heterocycles. The third-order valence-corrected chi connectivity index (χ3v) is 5.55. The van der Waals surface area contributed by atoms with E-state index in [9.17, 15) is 4.79 Å². The zero-order valence-electron chi connectivity index (χ0n) is 18.9. The van der Waals surface area contributed by atoms with E-state index in [4.69, 9.17) is 31.5 Å². The molecule has 8 nitrogen and oxygen atoms in total. The van der Waals surface area contributed by atoms with Crippen molar-refractivity contribution >= 4 is 23.2 Å². The third-order valence-electron chi connectivity index (χ3n) is 5.30. The molecule has 174 valence electrons. The minimum absolute atomic E-state index is 0.162. The number of benzene rings is 2. The van der Waals surface area contributed by atoms with E-state index in [0.29, 0.717) is 54.2 Å². The van der Waals surface area contributed by atoms with Gasteiger partial charge in [-0.05, 0) is 50.2 Å². The Labute approximate surface area is 197 Å². The van der Waals surface area contributed by atoms with Crippen LogP contribution < -0.4 is 20.1 Å². The van der Waals surface area contributed by atoms with Crippen molar-refractivity contribution in [2.75, 3.05) is 31.8 Å². The van der Waals surface area contributed by atoms with E-state index in [0.717, 1.165) is 11.3 Å². The molecule has 0 aliphatic carbocycles. The predicted molar refractivity (Wildman–Crippen MR) is 127 cm³/mol. The molecule has 4 rings (SSSR count). The molecule has 0 unspecified atom stereocenters. The maximum atomic E-state index is 13.1. The number of nitrogens with zero attached hydrogens (tertiary/aromatic N) is 3. The molecule has 0 bridgehead atoms. The quantitative estimate of drug-likeness (QED) is 0.511. The lowest BCUT2D eigenvalue weighted by molar-refractivity contribution is -0.0435. The number of methoxy groups -OCH3 is 1. The molecule has 2 aromatic carbocycles. The Morgan fingerprint density at radius 2 is 1.85 bits per heavy atom. The Morgan fingerprint density at radius 1 is 1.12 bits per heavy atom. The van der Waals surface area contributed by atoms with Gasteiger partial charge >= 0.3 is 0 Å². The maximum Gasteiger partial charge on any atom is 0.279 e. The van der Waals surface area contributed by atoms with Crippen molar-refractivity contribution in [3.05, 3.63) is 64.9 Å². The van der Waals surface area contributed by atoms with Crippen molar-refractivity contribution < 1.29 is 19.0 Å². The number of halogens is 1. The standard InChI is InChI=1S/C24H27ClN4O4/c1-24(2,33-11-10-26)15-32-20-9-8-19(12-21(20)31-3)28-13-16-14-29(27-22(16)23(28)30)18-6-4-17(25)5-7-18/h4-9,12,14H,10-11,13,15,26H2,1-3H3. The molecular formula is C24H27ClN4O4. The Morgan fingerprint density at radius 3 is 2.52 bits per heavy atom. The summed E-state index contributed by atoms with van der Waals surface area (Å²) >= 11 is 5.96. The predicted octanol–water partition coefficient (Wildman–Crippen LogP) is 3.83. The lowest BCUT2D eigenvalue weighted by atomic mass is 10.1. The number of carbonyl (C=O) groups is 1. The van der Waals surface area contributed by atoms with Crippen LogP contribution >= 0.6 is 11.6 Å². The Bertz CT molecular complexity index is 1140. The van der Waals surface area contributed by atoms with Crippen LogP contribution in [0.5, 0.6) is 11.5 Å². The fourth-order valence-electron chi connectivity index (χ4n) is 3.58. The number of ether oxygens (including phenoxy) is 3. The van der Waals surface area contributed by atoms with Crippen LogP contribution in [0, 0.1) is 0 Å². The minimum Gasteiger partial charge on any atom is -0.493 e. The van der Waals surface area contributed by atoms with E-state index in [1.54, 1.807) is 41.0 Å². The van der Waals surface area contributed by atoms with E-state index in [2.05, 4.69) is 5.10 Å². The number of nitrogens with two attached hydrogens (primary N) is 1. The Balaban J connectivity index is 1.49. The molecule has 1 aliphatic heterocycles. The first-order chi connectivity index (χ1) is 15.8. The van der Waals surface area contributed by atoms with Gasteiger partial charge in [0.25, 0.3) is 5.91 Å². The molecular weight excluding hydrogens is 444 g/mol. The molecule has 3 aromatic rings. The molecule has 0 saturated carbocycles. The molecule has 0 radical (unpaired) electrons. The zero-order valence-corrected chi connectivity index (χ0v) is 19.6. The molecule has 9 heteroatoms. The van der Waals surface area contributed by atoms with E-state index in [1.165, 1.54) is 0 Å². The van der Waals surface area contributed by atoms with Gasteiger partial charge in [-0.25, -0.2) is 4.68 Å². The highest BCUT2D eigenvalue weighted by atomic mass is 35.5. The first kappa shape index (κ1) is 23.1. The number of amides is 1. The van der Waals surface area contributed by atoms with Crippen molar-refractivity contribution in [1.82, 2.24) is 9.78 Å². The van der Waals surface area contributed by atoms with Gasteiger partial charge in [0.15, 0.2) is 17.2 Å². The van der Waals surface area contributed by atoms with Crippen LogP contribution in [0.3, 0.4) is 0 Å². The number of aromatic nitrogens is 2. The highest BCUT2D eigenvalue weighted by Crippen LogP contribution is 2.36. The molecule has 0 atom stereocenters. The molecule has 0 fully saturated rings. The summed E-state index contributed by atoms with van der Waals surface area (Å²) in [5.41, 5.74) is 7.86. The van der Waals surface area contributed by atoms with Gasteiger partial charge in [-0.1, -0.05) is 11.6 Å². The Kier molecular flexibility index (Phi) is 6.60. The van der Waals surface area contributed by atoms with Gasteiger partial charge in [0.1, 0.15) is 6.61 Å². The molecule has 1 aromatic heterocycles. The molecule has 1 amide bonds. The molecule has 0 saturated heterocycles. The topological polar surface area (TPSA) is 91.8 Å². The van der Waals surface area contributed by atoms with Crippen molar-refractivity contribution in [1.29, 1.82) is 0 Å². The number of fused-ring (bicyclic) bond motifs is 1. The minimum atomic E-state index is -0.494. The van der Waals surface area contributed by atoms with E-state index < -0.39 is 5.60 Å². The van der Waals surface area contributed by atoms with Crippen molar-refractivity contribution in [2.24, 2.45) is 5.73 Å². The number of rotatable bonds is 9. The number of anilines is 1. The number of carbonyl (C=O) groups excluding carboxylic acids is 1. The maximum absolute atomic E-state index is 13.1. The average molecular weight is 471 g/mol. The zero-order chi connectivity index (χ0) is 23.6. The molecule has 33 heavy (non-hydrogen) atoms. The third kappa shape index (κ3) is 4.98. The summed E-state index contributed by atoms with van der Waals surface area (Å²) in [6.07, 6.45) is 1.87. The first-order valence-corrected chi connectivity index (χ1v) is 11.0. The van der Waals surface area contributed by atoms with E-state index in [1.807, 2.05) is 38.2 Å². The van der Waals surface area contributed by atoms with E-state index >= 15 is 0 Å². The van der Waals surface area contributed by atoms with Crippen LogP contribution in [0.2, 0.25) is 5.02 Å². The van der Waals surface area contributed by atoms with Gasteiger partial charge in [0.05, 0.1) is 31.5 Å². The molecule has 2 N–H and O–H groups in total. The summed E-state index contributed by atoms with van der Waals surface area (Å²) in [4.78, 5) is 14.7. The van der Waals surface area contributed by atoms with Crippen molar-refractivity contribution in [2.45, 2.75) is 26.0 Å². The summed E-state index contributed by atoms with van der Waals surface area (Å²) in [5.74, 6) is 0.943. The van der Waals surface area contributed by atoms with Gasteiger partial charge in [-0.15, -0.1) is 0 Å². The lowest BCUT2D eigenvalue weighted by Gasteiger charge is -2.26. The highest BCUT2D eigenvalue weighted by Gasteiger charge is 2.33. The second-order valence-electron chi connectivity index (χ2n) is 8.34. The number of hydrogen-bond acceptors (Lipinski definition) is 6. The summed E-state index contributed by atoms with van der Waals surface area (Å²) in [6, 6.07) is 12.7. The van der Waals surface area contributed by atoms with Gasteiger partial charge in [0, 0.05) is 35.1 Å². The summed E-state index contributed by atoms with van der Waals surface area (Å²) in [7, 11) is 1.57. The van der Waals surface area contributed by atoms with Crippen molar-refractivity contribution in [3.63, 3.8) is 0 Å². The lowest BCUT2D eigenvalue weighted by Crippen LogP contribution is -2.34. The van der Waals surface area contributed by atoms with Crippen LogP contribution in [0.15, 0.2) is 48.7 Å². The van der Waals surface area contributed by atoms with Crippen LogP contribution in [-0.4, -0.2) is 48.2 Å². The second-order valence-corrected chi connectivity index (χ2v) is 8.77. The summed E-state index contributed by atoms with van der Waals surface area (Å²) < 4.78 is 18.9. The van der Waals surface area contributed by atoms with Gasteiger partial charge in [-0.3, -0.25) is 4.79 Å². The largest absolute Gasteiger partial charge is 0.493 e. The summed E-state index contributed by atoms with van der Waals surface area (Å²) in [6.45, 7) is 5.53. The highest BCUT2D eigenvalue weighted by molar-refractivity contribution is 6.30. The SMILES string of the molecule is COc1cc(N2Cc3cn(-c4ccc(Cl)cc4)nc3C2=O)ccc1OCC(C)(C)OCCN. The second kappa shape index (κ2) is 9.43. The van der Waals surface area contributed by atoms with Crippen LogP contribution in [-0.2, 0) is 11.3 Å². The van der Waals surface area contributed by atoms with Gasteiger partial charge < -0.3 is 24.8 Å². The molecule has 0 spiro atoms. The van der Waals surface area contributed by atoms with Gasteiger partial charge in [0.2, 0.25) is 0 Å². The normalized spacial score (nSPS) is 13.4. The van der Waals surface area contributed by atoms with Crippen LogP contribution in [0.1, 0.15) is 29.9 Å². The Hall–Kier alpha value is -3.07. The summed E-state index contributed by atoms with van der Waals surface area (Å²) in [5, 5.41) is 5.14. The van der Waals surface area contributed by atoms with Crippen LogP contribution in [0.4, 0.5) is 5.69 Å². The number of hydrogen-bond donors (Lipinski definition) is 1. The molecule has 1 aliphatic rings. The average Bonchev–Trinajstić information content (AvgIpc) is 3.36. The monoisotopic (exact) mass is 470 g/mol. The fraction of sp³-hybridized carbons (Fsp3) is 0.333. The van der Waals surface area contributed by atoms with Crippen LogP contribution in [0.25, 0.3) is 5.69 Å². The van der Waals surface area contributed by atoms with Crippen molar-refractivity contribution in [3.8, 4) is 17.2 Å². The smallest absolute Gasteiger partial charge is 0.279 e. The van der Waals surface area contributed by atoms with E-state index in [-0.39, 0.29) is 5.91 Å². The van der Waals surface area contributed by atoms with Gasteiger partial charge in [-0.2, -0.15) is 5.10 Å². The fourth-order valence-corrected chi connectivity index (χ4v) is 3.71. The first-order valence-electron chi connectivity index (χ1n) is 10.6.